The predicted octanol–water partition coefficient (Wildman–Crippen LogP) is 2.84. The molecule has 2 N–H and O–H groups in total. The highest BCUT2D eigenvalue weighted by Gasteiger charge is 2.16. The topological polar surface area (TPSA) is 69.6 Å². The second kappa shape index (κ2) is 5.01. The van der Waals surface area contributed by atoms with Crippen molar-refractivity contribution >= 4 is 5.69 Å². The molecule has 0 saturated heterocycles. The summed E-state index contributed by atoms with van der Waals surface area (Å²) in [6.07, 6.45) is 0. The summed E-state index contributed by atoms with van der Waals surface area (Å²) in [6.45, 7) is 6.12. The Labute approximate surface area is 123 Å². The molecule has 5 heteroatoms. The molecule has 0 aliphatic rings. The van der Waals surface area contributed by atoms with Crippen LogP contribution in [-0.4, -0.2) is 20.2 Å². The van der Waals surface area contributed by atoms with Crippen LogP contribution in [0.25, 0.3) is 17.1 Å². The summed E-state index contributed by atoms with van der Waals surface area (Å²) in [7, 11) is 0. The Hall–Kier alpha value is -2.69. The van der Waals surface area contributed by atoms with Crippen LogP contribution in [0.4, 0.5) is 5.69 Å². The Morgan fingerprint density at radius 1 is 1.00 bits per heavy atom. The van der Waals surface area contributed by atoms with Crippen molar-refractivity contribution < 1.29 is 0 Å². The van der Waals surface area contributed by atoms with E-state index in [-0.39, 0.29) is 0 Å². The monoisotopic (exact) mass is 279 g/mol. The fourth-order valence-corrected chi connectivity index (χ4v) is 2.51. The second-order valence-corrected chi connectivity index (χ2v) is 5.25. The van der Waals surface area contributed by atoms with Gasteiger partial charge in [-0.3, -0.25) is 0 Å². The van der Waals surface area contributed by atoms with Crippen LogP contribution >= 0.6 is 0 Å². The van der Waals surface area contributed by atoms with Gasteiger partial charge in [0.2, 0.25) is 0 Å². The smallest absolute Gasteiger partial charge is 0.189 e. The quantitative estimate of drug-likeness (QED) is 0.732. The predicted molar refractivity (Wildman–Crippen MR) is 83.2 cm³/mol. The third-order valence-electron chi connectivity index (χ3n) is 3.57. The average molecular weight is 279 g/mol. The fourth-order valence-electron chi connectivity index (χ4n) is 2.51. The molecule has 5 nitrogen and oxygen atoms in total. The second-order valence-electron chi connectivity index (χ2n) is 5.25. The van der Waals surface area contributed by atoms with E-state index in [1.54, 1.807) is 4.68 Å². The van der Waals surface area contributed by atoms with E-state index < -0.39 is 0 Å². The number of rotatable bonds is 2. The number of nitrogens with zero attached hydrogens (tertiary/aromatic N) is 4. The summed E-state index contributed by atoms with van der Waals surface area (Å²) in [5.74, 6) is 0.661. The van der Waals surface area contributed by atoms with E-state index in [0.717, 1.165) is 27.9 Å². The first kappa shape index (κ1) is 13.3. The minimum atomic E-state index is 0.661. The first-order valence-corrected chi connectivity index (χ1v) is 6.79. The molecule has 0 aliphatic carbocycles. The van der Waals surface area contributed by atoms with Crippen LogP contribution in [-0.2, 0) is 0 Å². The van der Waals surface area contributed by atoms with Crippen LogP contribution in [0.1, 0.15) is 16.7 Å². The van der Waals surface area contributed by atoms with Gasteiger partial charge in [-0.05, 0) is 54.5 Å². The number of hydrogen-bond donors (Lipinski definition) is 1. The van der Waals surface area contributed by atoms with Gasteiger partial charge in [-0.25, -0.2) is 0 Å². The van der Waals surface area contributed by atoms with Crippen molar-refractivity contribution in [3.8, 4) is 17.1 Å². The summed E-state index contributed by atoms with van der Waals surface area (Å²) in [4.78, 5) is 0. The molecule has 3 rings (SSSR count). The average Bonchev–Trinajstić information content (AvgIpc) is 2.90. The third-order valence-corrected chi connectivity index (χ3v) is 3.57. The molecule has 0 amide bonds. The number of aromatic nitrogens is 4. The molecule has 2 aromatic carbocycles. The molecular weight excluding hydrogens is 262 g/mol. The molecule has 0 unspecified atom stereocenters. The fraction of sp³-hybridized carbons (Fsp3) is 0.188. The Morgan fingerprint density at radius 3 is 2.43 bits per heavy atom. The van der Waals surface area contributed by atoms with Gasteiger partial charge in [-0.2, -0.15) is 4.68 Å². The molecule has 106 valence electrons. The lowest BCUT2D eigenvalue weighted by molar-refractivity contribution is 0.783. The van der Waals surface area contributed by atoms with Crippen molar-refractivity contribution in [1.82, 2.24) is 20.2 Å². The van der Waals surface area contributed by atoms with Crippen LogP contribution in [0.2, 0.25) is 0 Å². The van der Waals surface area contributed by atoms with Crippen molar-refractivity contribution in [2.75, 3.05) is 5.73 Å². The van der Waals surface area contributed by atoms with E-state index in [1.165, 1.54) is 0 Å². The maximum absolute atomic E-state index is 6.09. The first-order chi connectivity index (χ1) is 10.1. The summed E-state index contributed by atoms with van der Waals surface area (Å²) >= 11 is 0. The Bertz CT molecular complexity index is 784. The molecule has 0 saturated carbocycles. The van der Waals surface area contributed by atoms with E-state index >= 15 is 0 Å². The number of para-hydroxylation sites is 1. The lowest BCUT2D eigenvalue weighted by atomic mass is 10.1. The zero-order valence-corrected chi connectivity index (χ0v) is 12.3. The highest BCUT2D eigenvalue weighted by Crippen LogP contribution is 2.28. The number of benzene rings is 2. The van der Waals surface area contributed by atoms with E-state index in [4.69, 9.17) is 5.73 Å². The van der Waals surface area contributed by atoms with Crippen LogP contribution < -0.4 is 5.73 Å². The molecule has 0 aliphatic heterocycles. The molecule has 0 radical (unpaired) electrons. The number of aryl methyl sites for hydroxylation is 3. The Morgan fingerprint density at radius 2 is 1.71 bits per heavy atom. The Kier molecular flexibility index (Phi) is 3.17. The molecule has 1 aromatic heterocycles. The van der Waals surface area contributed by atoms with Gasteiger partial charge in [0.15, 0.2) is 5.82 Å². The minimum Gasteiger partial charge on any atom is -0.398 e. The Balaban J connectivity index is 2.25. The number of anilines is 1. The lowest BCUT2D eigenvalue weighted by Crippen LogP contribution is -2.05. The van der Waals surface area contributed by atoms with E-state index in [0.29, 0.717) is 11.5 Å². The molecule has 0 bridgehead atoms. The number of hydrogen-bond acceptors (Lipinski definition) is 4. The normalized spacial score (nSPS) is 10.8. The van der Waals surface area contributed by atoms with Crippen LogP contribution in [0.15, 0.2) is 36.4 Å². The van der Waals surface area contributed by atoms with Gasteiger partial charge in [-0.15, -0.1) is 5.10 Å². The van der Waals surface area contributed by atoms with Crippen LogP contribution in [0.5, 0.6) is 0 Å². The largest absolute Gasteiger partial charge is 0.398 e. The minimum absolute atomic E-state index is 0.661. The maximum atomic E-state index is 6.09. The van der Waals surface area contributed by atoms with Gasteiger partial charge in [0.25, 0.3) is 0 Å². The van der Waals surface area contributed by atoms with Gasteiger partial charge in [0.1, 0.15) is 0 Å². The molecule has 0 spiro atoms. The van der Waals surface area contributed by atoms with Crippen molar-refractivity contribution in [2.45, 2.75) is 20.8 Å². The van der Waals surface area contributed by atoms with Gasteiger partial charge in [0.05, 0.1) is 5.69 Å². The lowest BCUT2D eigenvalue weighted by Gasteiger charge is -2.12. The number of nitrogen functional groups attached to an aromatic ring is 1. The molecule has 1 heterocycles. The summed E-state index contributed by atoms with van der Waals surface area (Å²) in [5, 5.41) is 12.2. The van der Waals surface area contributed by atoms with Gasteiger partial charge in [0, 0.05) is 11.3 Å². The zero-order chi connectivity index (χ0) is 15.0. The third kappa shape index (κ3) is 2.27. The molecular formula is C16H17N5. The van der Waals surface area contributed by atoms with Crippen molar-refractivity contribution in [3.63, 3.8) is 0 Å². The van der Waals surface area contributed by atoms with Gasteiger partial charge in [-0.1, -0.05) is 29.8 Å². The maximum Gasteiger partial charge on any atom is 0.189 e. The summed E-state index contributed by atoms with van der Waals surface area (Å²) < 4.78 is 1.76. The highest BCUT2D eigenvalue weighted by molar-refractivity contribution is 5.73. The van der Waals surface area contributed by atoms with E-state index in [9.17, 15) is 0 Å². The zero-order valence-electron chi connectivity index (χ0n) is 12.3. The van der Waals surface area contributed by atoms with Crippen molar-refractivity contribution in [3.05, 3.63) is 53.1 Å². The standard InChI is InChI=1S/C16H17N5/c1-10-7-8-14(17)13(9-10)16-18-19-20-21(16)15-11(2)5-4-6-12(15)3/h4-9H,17H2,1-3H3. The van der Waals surface area contributed by atoms with Gasteiger partial charge < -0.3 is 5.73 Å². The molecule has 21 heavy (non-hydrogen) atoms. The van der Waals surface area contributed by atoms with E-state index in [2.05, 4.69) is 15.5 Å². The van der Waals surface area contributed by atoms with Crippen LogP contribution in [0.3, 0.4) is 0 Å². The van der Waals surface area contributed by atoms with E-state index in [1.807, 2.05) is 57.2 Å². The number of nitrogens with two attached hydrogens (primary N) is 1. The SMILES string of the molecule is Cc1ccc(N)c(-c2nnnn2-c2c(C)cccc2C)c1. The van der Waals surface area contributed by atoms with Crippen molar-refractivity contribution in [2.24, 2.45) is 0 Å². The summed E-state index contributed by atoms with van der Waals surface area (Å²) in [5.41, 5.74) is 12.0. The molecule has 0 fully saturated rings. The molecule has 3 aromatic rings. The molecule has 0 atom stereocenters. The first-order valence-electron chi connectivity index (χ1n) is 6.79. The van der Waals surface area contributed by atoms with Gasteiger partial charge >= 0.3 is 0 Å². The highest BCUT2D eigenvalue weighted by atomic mass is 15.5. The van der Waals surface area contributed by atoms with Crippen LogP contribution in [0, 0.1) is 20.8 Å². The number of tetrazole rings is 1. The van der Waals surface area contributed by atoms with Crippen molar-refractivity contribution in [1.29, 1.82) is 0 Å². The summed E-state index contributed by atoms with van der Waals surface area (Å²) in [6, 6.07) is 12.0.